The van der Waals surface area contributed by atoms with Gasteiger partial charge in [-0.25, -0.2) is 0 Å². The first-order chi connectivity index (χ1) is 31.4. The van der Waals surface area contributed by atoms with Gasteiger partial charge >= 0.3 is 0 Å². The highest BCUT2D eigenvalue weighted by molar-refractivity contribution is 5.47. The van der Waals surface area contributed by atoms with E-state index < -0.39 is 139 Å². The van der Waals surface area contributed by atoms with Crippen LogP contribution in [0.5, 0.6) is 0 Å². The molecule has 3 saturated carbocycles. The maximum absolute atomic E-state index is 12.1. The molecule has 5 aliphatic carbocycles. The molecule has 0 aromatic rings. The van der Waals surface area contributed by atoms with Gasteiger partial charge in [-0.05, 0) is 91.9 Å². The van der Waals surface area contributed by atoms with Gasteiger partial charge in [-0.15, -0.1) is 0 Å². The quantitative estimate of drug-likeness (QED) is 0.105. The van der Waals surface area contributed by atoms with Gasteiger partial charge in [0.25, 0.3) is 0 Å². The van der Waals surface area contributed by atoms with E-state index in [-0.39, 0.29) is 42.5 Å². The van der Waals surface area contributed by atoms with Crippen LogP contribution in [-0.4, -0.2) is 204 Å². The van der Waals surface area contributed by atoms with Crippen LogP contribution < -0.4 is 0 Å². The molecule has 0 bridgehead atoms. The van der Waals surface area contributed by atoms with Crippen molar-refractivity contribution in [2.24, 2.45) is 44.3 Å². The molecule has 3 unspecified atom stereocenters. The van der Waals surface area contributed by atoms with Gasteiger partial charge in [0.15, 0.2) is 18.9 Å². The molecule has 19 nitrogen and oxygen atoms in total. The molecule has 8 rings (SSSR count). The van der Waals surface area contributed by atoms with Crippen LogP contribution in [0.4, 0.5) is 0 Å². The second kappa shape index (κ2) is 18.6. The third-order valence-corrected chi connectivity index (χ3v) is 19.2. The summed E-state index contributed by atoms with van der Waals surface area (Å²) in [6.45, 7) is 10.5. The third-order valence-electron chi connectivity index (χ3n) is 19.2. The minimum atomic E-state index is -1.80. The molecule has 3 saturated heterocycles. The van der Waals surface area contributed by atoms with Crippen molar-refractivity contribution >= 4 is 0 Å². The number of allylic oxidation sites excluding steroid dienone is 3. The fourth-order valence-electron chi connectivity index (χ4n) is 14.5. The Labute approximate surface area is 391 Å². The van der Waals surface area contributed by atoms with E-state index in [0.717, 1.165) is 17.6 Å². The molecule has 0 spiro atoms. The largest absolute Gasteiger partial charge is 0.396 e. The zero-order valence-corrected chi connectivity index (χ0v) is 39.6. The maximum Gasteiger partial charge on any atom is 0.187 e. The highest BCUT2D eigenvalue weighted by Crippen LogP contribution is 2.74. The standard InChI is InChI=1S/C48H78O19/c1-22-31(54)34(57)37(60)41(63-22)67-39-33(56)26(18-62-40-36(59)35(58)32(55)25(17-49)64-40)65-42(38(39)61)66-30-10-11-44(3)27(45(30,4)20-51)9-12-46(5)28(44)8-7-23-24-15-43(2,19-50)13-14-48(24,21-52)29(53)16-47(23,46)6/h7-8,22,25-42,49-61H,9-21H2,1-6H3/t22-,25+,26+,27?,28?,29+,30?,31-,32+,33-,34+,35-,36+,37+,38+,39-,40+,41-,42-,43-,44-,45-,46+,47+,48+/m0/s1. The molecule has 3 heterocycles. The molecule has 3 aliphatic heterocycles. The molecule has 0 aromatic carbocycles. The van der Waals surface area contributed by atoms with Crippen LogP contribution >= 0.6 is 0 Å². The minimum Gasteiger partial charge on any atom is -0.396 e. The highest BCUT2D eigenvalue weighted by atomic mass is 16.7. The van der Waals surface area contributed by atoms with Crippen LogP contribution in [0, 0.1) is 44.3 Å². The molecule has 13 N–H and O–H groups in total. The molecular formula is C48H78O19. The summed E-state index contributed by atoms with van der Waals surface area (Å²) in [7, 11) is 0. The van der Waals surface area contributed by atoms with Crippen molar-refractivity contribution < 1.29 is 94.8 Å². The molecule has 384 valence electrons. The molecule has 25 atom stereocenters. The summed E-state index contributed by atoms with van der Waals surface area (Å²) in [6.07, 6.45) is -16.1. The first kappa shape index (κ1) is 52.1. The first-order valence-corrected chi connectivity index (χ1v) is 24.3. The Morgan fingerprint density at radius 3 is 1.96 bits per heavy atom. The average Bonchev–Trinajstić information content (AvgIpc) is 3.30. The molecule has 0 aromatic heterocycles. The van der Waals surface area contributed by atoms with Crippen molar-refractivity contribution in [3.63, 3.8) is 0 Å². The van der Waals surface area contributed by atoms with Gasteiger partial charge in [0.05, 0.1) is 44.7 Å². The zero-order chi connectivity index (χ0) is 49.0. The van der Waals surface area contributed by atoms with Gasteiger partial charge in [-0.1, -0.05) is 52.3 Å². The van der Waals surface area contributed by atoms with Gasteiger partial charge in [0.1, 0.15) is 67.1 Å². The number of hydrogen-bond acceptors (Lipinski definition) is 19. The summed E-state index contributed by atoms with van der Waals surface area (Å²) < 4.78 is 35.9. The van der Waals surface area contributed by atoms with Gasteiger partial charge in [0, 0.05) is 22.9 Å². The predicted molar refractivity (Wildman–Crippen MR) is 233 cm³/mol. The van der Waals surface area contributed by atoms with Crippen molar-refractivity contribution in [2.75, 3.05) is 33.0 Å². The van der Waals surface area contributed by atoms with Gasteiger partial charge in [-0.2, -0.15) is 0 Å². The lowest BCUT2D eigenvalue weighted by Gasteiger charge is -2.70. The highest BCUT2D eigenvalue weighted by Gasteiger charge is 2.69. The molecule has 8 aliphatic rings. The monoisotopic (exact) mass is 959 g/mol. The Morgan fingerprint density at radius 1 is 0.642 bits per heavy atom. The first-order valence-electron chi connectivity index (χ1n) is 24.3. The Bertz CT molecular complexity index is 1840. The average molecular weight is 959 g/mol. The van der Waals surface area contributed by atoms with E-state index in [1.807, 2.05) is 6.92 Å². The van der Waals surface area contributed by atoms with Gasteiger partial charge in [-0.3, -0.25) is 0 Å². The Balaban J connectivity index is 1.07. The van der Waals surface area contributed by atoms with E-state index in [2.05, 4.69) is 39.8 Å². The topological polar surface area (TPSA) is 318 Å². The summed E-state index contributed by atoms with van der Waals surface area (Å²) in [5.41, 5.74) is -1.10. The van der Waals surface area contributed by atoms with Crippen LogP contribution in [0.15, 0.2) is 23.3 Å². The second-order valence-corrected chi connectivity index (χ2v) is 22.9. The van der Waals surface area contributed by atoms with Gasteiger partial charge in [0.2, 0.25) is 0 Å². The number of hydrogen-bond donors (Lipinski definition) is 13. The van der Waals surface area contributed by atoms with E-state index in [0.29, 0.717) is 44.9 Å². The second-order valence-electron chi connectivity index (χ2n) is 22.9. The number of aliphatic hydroxyl groups excluding tert-OH is 13. The lowest BCUT2D eigenvalue weighted by molar-refractivity contribution is -0.374. The lowest BCUT2D eigenvalue weighted by Crippen LogP contribution is -2.67. The van der Waals surface area contributed by atoms with E-state index in [9.17, 15) is 66.4 Å². The van der Waals surface area contributed by atoms with Crippen molar-refractivity contribution in [1.29, 1.82) is 0 Å². The van der Waals surface area contributed by atoms with Crippen LogP contribution in [0.3, 0.4) is 0 Å². The summed E-state index contributed by atoms with van der Waals surface area (Å²) >= 11 is 0. The number of ether oxygens (including phenoxy) is 6. The molecule has 19 heteroatoms. The van der Waals surface area contributed by atoms with Crippen molar-refractivity contribution in [2.45, 2.75) is 197 Å². The fraction of sp³-hybridized carbons (Fsp3) is 0.917. The van der Waals surface area contributed by atoms with Crippen LogP contribution in [0.2, 0.25) is 0 Å². The van der Waals surface area contributed by atoms with Crippen LogP contribution in [0.1, 0.15) is 92.9 Å². The minimum absolute atomic E-state index is 0.00465. The molecule has 67 heavy (non-hydrogen) atoms. The van der Waals surface area contributed by atoms with E-state index in [1.165, 1.54) is 6.92 Å². The number of fused-ring (bicyclic) bond motifs is 6. The van der Waals surface area contributed by atoms with Crippen molar-refractivity contribution in [3.05, 3.63) is 23.3 Å². The normalized spacial score (nSPS) is 55.6. The Morgan fingerprint density at radius 2 is 1.30 bits per heavy atom. The van der Waals surface area contributed by atoms with E-state index in [4.69, 9.17) is 28.4 Å². The zero-order valence-electron chi connectivity index (χ0n) is 39.6. The van der Waals surface area contributed by atoms with Gasteiger partial charge < -0.3 is 94.8 Å². The van der Waals surface area contributed by atoms with Crippen molar-refractivity contribution in [3.8, 4) is 0 Å². The number of aliphatic hydroxyl groups is 13. The Kier molecular flexibility index (Phi) is 14.5. The van der Waals surface area contributed by atoms with Crippen LogP contribution in [0.25, 0.3) is 0 Å². The van der Waals surface area contributed by atoms with E-state index >= 15 is 0 Å². The summed E-state index contributed by atoms with van der Waals surface area (Å²) in [5.74, 6) is -0.140. The summed E-state index contributed by atoms with van der Waals surface area (Å²) in [5, 5.41) is 142. The van der Waals surface area contributed by atoms with Crippen molar-refractivity contribution in [1.82, 2.24) is 0 Å². The smallest absolute Gasteiger partial charge is 0.187 e. The fourth-order valence-corrected chi connectivity index (χ4v) is 14.5. The summed E-state index contributed by atoms with van der Waals surface area (Å²) in [6, 6.07) is 0. The van der Waals surface area contributed by atoms with E-state index in [1.54, 1.807) is 0 Å². The Hall–Kier alpha value is -1.28. The molecule has 6 fully saturated rings. The lowest BCUT2D eigenvalue weighted by atomic mass is 9.35. The SMILES string of the molecule is C[C@@H]1O[C@@H](O[C@H]2[C@@H](O)[C@@H](CO[C@@H]3O[C@H](CO)[C@@H](O)[C@H](O)[C@H]3O)O[C@@H](OC3CC[C@@]4(C)C(CC[C@]5(C)C4C=CC4=C6C[C@@](C)(CO)CC[C@]6(CO)[C@H](O)C[C@]45C)[C@]3(C)CO)[C@@H]2O)[C@H](O)[C@H](O)[C@H]1O. The molecule has 0 amide bonds. The molecule has 0 radical (unpaired) electrons. The molecular weight excluding hydrogens is 881 g/mol. The number of rotatable bonds is 11. The third kappa shape index (κ3) is 8.06. The predicted octanol–water partition coefficient (Wildman–Crippen LogP) is -1.52. The summed E-state index contributed by atoms with van der Waals surface area (Å²) in [4.78, 5) is 0. The van der Waals surface area contributed by atoms with Crippen LogP contribution in [-0.2, 0) is 28.4 Å². The maximum atomic E-state index is 12.1.